The van der Waals surface area contributed by atoms with Crippen LogP contribution in [-0.4, -0.2) is 50.5 Å². The van der Waals surface area contributed by atoms with E-state index in [1.165, 1.54) is 0 Å². The van der Waals surface area contributed by atoms with E-state index in [0.29, 0.717) is 11.3 Å². The van der Waals surface area contributed by atoms with Crippen molar-refractivity contribution in [3.8, 4) is 5.75 Å². The summed E-state index contributed by atoms with van der Waals surface area (Å²) in [6.07, 6.45) is -4.53. The van der Waals surface area contributed by atoms with Gasteiger partial charge in [0.2, 0.25) is 0 Å². The molecule has 0 saturated carbocycles. The smallest absolute Gasteiger partial charge is 0.343 e. The molecule has 2 aromatic carbocycles. The lowest BCUT2D eigenvalue weighted by molar-refractivity contribution is -0.165. The van der Waals surface area contributed by atoms with Crippen molar-refractivity contribution in [2.75, 3.05) is 0 Å². The third kappa shape index (κ3) is 6.34. The monoisotopic (exact) mass is 362 g/mol. The van der Waals surface area contributed by atoms with E-state index in [4.69, 9.17) is 25.2 Å². The van der Waals surface area contributed by atoms with Gasteiger partial charge in [0.1, 0.15) is 5.75 Å². The van der Waals surface area contributed by atoms with Crippen LogP contribution in [0, 0.1) is 6.92 Å². The molecular weight excluding hydrogens is 344 g/mol. The summed E-state index contributed by atoms with van der Waals surface area (Å²) in [4.78, 5) is 31.4. The minimum absolute atomic E-state index is 0.315. The first kappa shape index (κ1) is 20.8. The predicted molar refractivity (Wildman–Crippen MR) is 89.9 cm³/mol. The topological polar surface area (TPSA) is 141 Å². The SMILES string of the molecule is Cc1ccccc1C(=O)Oc1ccccc1.O=C(O)C(O)C(O)C(=O)O. The third-order valence-electron chi connectivity index (χ3n) is 3.12. The number of carbonyl (C=O) groups is 3. The minimum atomic E-state index is -2.27. The van der Waals surface area contributed by atoms with E-state index in [1.54, 1.807) is 18.2 Å². The maximum Gasteiger partial charge on any atom is 0.343 e. The summed E-state index contributed by atoms with van der Waals surface area (Å²) in [6.45, 7) is 1.89. The minimum Gasteiger partial charge on any atom is -0.479 e. The van der Waals surface area contributed by atoms with Crippen LogP contribution in [0.5, 0.6) is 5.75 Å². The molecule has 0 aromatic heterocycles. The second-order valence-corrected chi connectivity index (χ2v) is 5.08. The first-order valence-electron chi connectivity index (χ1n) is 7.38. The molecule has 2 aromatic rings. The molecular formula is C18H18O8. The number of ether oxygens (including phenoxy) is 1. The molecule has 26 heavy (non-hydrogen) atoms. The average molecular weight is 362 g/mol. The molecule has 0 saturated heterocycles. The zero-order chi connectivity index (χ0) is 19.7. The Kier molecular flexibility index (Phi) is 7.94. The Hall–Kier alpha value is -3.23. The zero-order valence-corrected chi connectivity index (χ0v) is 13.8. The summed E-state index contributed by atoms with van der Waals surface area (Å²) in [7, 11) is 0. The van der Waals surface area contributed by atoms with Crippen LogP contribution in [0.2, 0.25) is 0 Å². The molecule has 4 N–H and O–H groups in total. The molecule has 0 fully saturated rings. The number of benzene rings is 2. The Balaban J connectivity index is 0.000000294. The lowest BCUT2D eigenvalue weighted by Crippen LogP contribution is -2.39. The van der Waals surface area contributed by atoms with Crippen LogP contribution in [0.15, 0.2) is 54.6 Å². The predicted octanol–water partition coefficient (Wildman–Crippen LogP) is 1.09. The van der Waals surface area contributed by atoms with E-state index >= 15 is 0 Å². The summed E-state index contributed by atoms with van der Waals surface area (Å²) in [5, 5.41) is 32.5. The number of carbonyl (C=O) groups excluding carboxylic acids is 1. The van der Waals surface area contributed by atoms with Gasteiger partial charge in [-0.15, -0.1) is 0 Å². The number of rotatable bonds is 5. The average Bonchev–Trinajstić information content (AvgIpc) is 2.62. The van der Waals surface area contributed by atoms with Gasteiger partial charge >= 0.3 is 17.9 Å². The van der Waals surface area contributed by atoms with Crippen molar-refractivity contribution < 1.29 is 39.5 Å². The van der Waals surface area contributed by atoms with Gasteiger partial charge in [-0.2, -0.15) is 0 Å². The van der Waals surface area contributed by atoms with Crippen LogP contribution < -0.4 is 4.74 Å². The molecule has 0 amide bonds. The lowest BCUT2D eigenvalue weighted by atomic mass is 10.1. The van der Waals surface area contributed by atoms with Crippen LogP contribution in [-0.2, 0) is 9.59 Å². The van der Waals surface area contributed by atoms with Crippen molar-refractivity contribution in [2.24, 2.45) is 0 Å². The van der Waals surface area contributed by atoms with E-state index < -0.39 is 24.1 Å². The summed E-state index contributed by atoms with van der Waals surface area (Å²) in [5.74, 6) is -3.29. The van der Waals surface area contributed by atoms with Gasteiger partial charge in [0.15, 0.2) is 12.2 Å². The van der Waals surface area contributed by atoms with Gasteiger partial charge in [-0.05, 0) is 30.7 Å². The molecule has 0 radical (unpaired) electrons. The molecule has 8 nitrogen and oxygen atoms in total. The quantitative estimate of drug-likeness (QED) is 0.457. The molecule has 0 spiro atoms. The number of esters is 1. The summed E-state index contributed by atoms with van der Waals surface area (Å²) < 4.78 is 5.24. The number of aliphatic hydroxyl groups is 2. The molecule has 2 rings (SSSR count). The van der Waals surface area contributed by atoms with Crippen molar-refractivity contribution in [3.63, 3.8) is 0 Å². The highest BCUT2D eigenvalue weighted by Crippen LogP contribution is 2.13. The van der Waals surface area contributed by atoms with Crippen LogP contribution in [0.1, 0.15) is 15.9 Å². The highest BCUT2D eigenvalue weighted by molar-refractivity contribution is 5.92. The fourth-order valence-electron chi connectivity index (χ4n) is 1.72. The van der Waals surface area contributed by atoms with Crippen LogP contribution in [0.25, 0.3) is 0 Å². The fraction of sp³-hybridized carbons (Fsp3) is 0.167. The third-order valence-corrected chi connectivity index (χ3v) is 3.12. The number of hydrogen-bond donors (Lipinski definition) is 4. The van der Waals surface area contributed by atoms with Gasteiger partial charge in [-0.3, -0.25) is 0 Å². The Morgan fingerprint density at radius 3 is 1.73 bits per heavy atom. The van der Waals surface area contributed by atoms with E-state index in [1.807, 2.05) is 43.3 Å². The number of aliphatic carboxylic acids is 2. The van der Waals surface area contributed by atoms with E-state index in [-0.39, 0.29) is 5.97 Å². The van der Waals surface area contributed by atoms with E-state index in [0.717, 1.165) is 5.56 Å². The Morgan fingerprint density at radius 1 is 0.808 bits per heavy atom. The van der Waals surface area contributed by atoms with Crippen molar-refractivity contribution >= 4 is 17.9 Å². The molecule has 0 aliphatic rings. The molecule has 0 bridgehead atoms. The normalized spacial score (nSPS) is 12.1. The highest BCUT2D eigenvalue weighted by atomic mass is 16.5. The zero-order valence-electron chi connectivity index (χ0n) is 13.8. The number of hydrogen-bond acceptors (Lipinski definition) is 6. The van der Waals surface area contributed by atoms with Crippen molar-refractivity contribution in [3.05, 3.63) is 65.7 Å². The van der Waals surface area contributed by atoms with Crippen molar-refractivity contribution in [1.82, 2.24) is 0 Å². The number of aryl methyl sites for hydroxylation is 1. The molecule has 2 unspecified atom stereocenters. The van der Waals surface area contributed by atoms with Gasteiger partial charge in [-0.1, -0.05) is 36.4 Å². The summed E-state index contributed by atoms with van der Waals surface area (Å²) >= 11 is 0. The maximum atomic E-state index is 11.8. The van der Waals surface area contributed by atoms with Gasteiger partial charge in [0, 0.05) is 0 Å². The second-order valence-electron chi connectivity index (χ2n) is 5.08. The molecule has 0 heterocycles. The van der Waals surface area contributed by atoms with Crippen LogP contribution >= 0.6 is 0 Å². The van der Waals surface area contributed by atoms with Crippen molar-refractivity contribution in [2.45, 2.75) is 19.1 Å². The van der Waals surface area contributed by atoms with Gasteiger partial charge in [0.25, 0.3) is 0 Å². The second kappa shape index (κ2) is 9.92. The van der Waals surface area contributed by atoms with Gasteiger partial charge in [-0.25, -0.2) is 14.4 Å². The highest BCUT2D eigenvalue weighted by Gasteiger charge is 2.29. The largest absolute Gasteiger partial charge is 0.479 e. The molecule has 138 valence electrons. The number of carboxylic acid groups (broad SMARTS) is 2. The van der Waals surface area contributed by atoms with Crippen LogP contribution in [0.3, 0.4) is 0 Å². The summed E-state index contributed by atoms with van der Waals surface area (Å²) in [6, 6.07) is 16.4. The number of carboxylic acids is 2. The summed E-state index contributed by atoms with van der Waals surface area (Å²) in [5.41, 5.74) is 1.52. The Bertz CT molecular complexity index is 739. The first-order valence-corrected chi connectivity index (χ1v) is 7.38. The lowest BCUT2D eigenvalue weighted by Gasteiger charge is -2.07. The molecule has 8 heteroatoms. The molecule has 0 aliphatic heterocycles. The standard InChI is InChI=1S/C14H12O2.C4H6O6/c1-11-7-5-6-10-13(11)14(15)16-12-8-3-2-4-9-12;5-1(3(7)8)2(6)4(9)10/h2-10H,1H3;1-2,5-6H,(H,7,8)(H,9,10). The van der Waals surface area contributed by atoms with Crippen LogP contribution in [0.4, 0.5) is 0 Å². The van der Waals surface area contributed by atoms with E-state index in [2.05, 4.69) is 0 Å². The Labute approximate surface area is 148 Å². The fourth-order valence-corrected chi connectivity index (χ4v) is 1.72. The maximum absolute atomic E-state index is 11.8. The van der Waals surface area contributed by atoms with Crippen molar-refractivity contribution in [1.29, 1.82) is 0 Å². The van der Waals surface area contributed by atoms with Gasteiger partial charge < -0.3 is 25.2 Å². The first-order chi connectivity index (χ1) is 12.2. The number of para-hydroxylation sites is 1. The van der Waals surface area contributed by atoms with Gasteiger partial charge in [0.05, 0.1) is 5.56 Å². The number of aliphatic hydroxyl groups excluding tert-OH is 2. The van der Waals surface area contributed by atoms with E-state index in [9.17, 15) is 14.4 Å². The molecule has 2 atom stereocenters. The molecule has 0 aliphatic carbocycles. The Morgan fingerprint density at radius 2 is 1.27 bits per heavy atom.